The van der Waals surface area contributed by atoms with Crippen LogP contribution in [0, 0.1) is 11.3 Å². The van der Waals surface area contributed by atoms with Gasteiger partial charge in [-0.3, -0.25) is 0 Å². The molecule has 0 saturated heterocycles. The second-order valence-corrected chi connectivity index (χ2v) is 3.67. The van der Waals surface area contributed by atoms with Crippen molar-refractivity contribution in [1.82, 2.24) is 5.32 Å². The van der Waals surface area contributed by atoms with Crippen LogP contribution < -0.4 is 10.1 Å². The molecule has 0 aliphatic rings. The zero-order valence-electron chi connectivity index (χ0n) is 9.37. The van der Waals surface area contributed by atoms with Gasteiger partial charge in [-0.05, 0) is 18.2 Å². The standard InChI is InChI=1S/C12H16N2O/c1-9(2)14-8-11-6-10(7-13)4-5-12(11)15-3/h4-6,9,14H,8H2,1-3H3. The Kier molecular flexibility index (Phi) is 4.14. The van der Waals surface area contributed by atoms with Gasteiger partial charge in [0, 0.05) is 18.2 Å². The highest BCUT2D eigenvalue weighted by molar-refractivity contribution is 5.41. The van der Waals surface area contributed by atoms with Gasteiger partial charge < -0.3 is 10.1 Å². The molecular formula is C12H16N2O. The minimum absolute atomic E-state index is 0.417. The molecule has 3 heteroatoms. The van der Waals surface area contributed by atoms with E-state index in [1.807, 2.05) is 12.1 Å². The van der Waals surface area contributed by atoms with Crippen LogP contribution in [0.25, 0.3) is 0 Å². The van der Waals surface area contributed by atoms with Gasteiger partial charge in [0.1, 0.15) is 5.75 Å². The second-order valence-electron chi connectivity index (χ2n) is 3.67. The zero-order valence-corrected chi connectivity index (χ0v) is 9.37. The molecule has 0 unspecified atom stereocenters. The van der Waals surface area contributed by atoms with Crippen molar-refractivity contribution >= 4 is 0 Å². The highest BCUT2D eigenvalue weighted by Crippen LogP contribution is 2.19. The summed E-state index contributed by atoms with van der Waals surface area (Å²) in [7, 11) is 1.64. The van der Waals surface area contributed by atoms with Gasteiger partial charge in [0.2, 0.25) is 0 Å². The molecule has 0 aromatic heterocycles. The number of rotatable bonds is 4. The fourth-order valence-electron chi connectivity index (χ4n) is 1.30. The predicted molar refractivity (Wildman–Crippen MR) is 59.7 cm³/mol. The second kappa shape index (κ2) is 5.38. The molecule has 1 aromatic rings. The number of nitrogens with zero attached hydrogens (tertiary/aromatic N) is 1. The molecule has 1 N–H and O–H groups in total. The maximum Gasteiger partial charge on any atom is 0.123 e. The first-order chi connectivity index (χ1) is 7.17. The van der Waals surface area contributed by atoms with Gasteiger partial charge in [-0.2, -0.15) is 5.26 Å². The lowest BCUT2D eigenvalue weighted by Gasteiger charge is -2.11. The summed E-state index contributed by atoms with van der Waals surface area (Å²) >= 11 is 0. The Labute approximate surface area is 90.7 Å². The minimum atomic E-state index is 0.417. The summed E-state index contributed by atoms with van der Waals surface area (Å²) in [6.07, 6.45) is 0. The molecule has 0 radical (unpaired) electrons. The highest BCUT2D eigenvalue weighted by Gasteiger charge is 2.04. The third-order valence-corrected chi connectivity index (χ3v) is 2.11. The summed E-state index contributed by atoms with van der Waals surface area (Å²) in [5, 5.41) is 12.1. The molecule has 80 valence electrons. The van der Waals surface area contributed by atoms with Gasteiger partial charge >= 0.3 is 0 Å². The Balaban J connectivity index is 2.87. The average Bonchev–Trinajstić information content (AvgIpc) is 2.25. The third-order valence-electron chi connectivity index (χ3n) is 2.11. The van der Waals surface area contributed by atoms with Gasteiger partial charge in [-0.15, -0.1) is 0 Å². The van der Waals surface area contributed by atoms with Gasteiger partial charge in [0.05, 0.1) is 18.7 Å². The van der Waals surface area contributed by atoms with Crippen molar-refractivity contribution in [1.29, 1.82) is 5.26 Å². The quantitative estimate of drug-likeness (QED) is 0.816. The van der Waals surface area contributed by atoms with Crippen molar-refractivity contribution in [2.24, 2.45) is 0 Å². The summed E-state index contributed by atoms with van der Waals surface area (Å²) < 4.78 is 5.23. The Morgan fingerprint density at radius 2 is 2.20 bits per heavy atom. The maximum atomic E-state index is 8.79. The van der Waals surface area contributed by atoms with Crippen molar-refractivity contribution in [3.63, 3.8) is 0 Å². The normalized spacial score (nSPS) is 10.1. The van der Waals surface area contributed by atoms with Crippen LogP contribution >= 0.6 is 0 Å². The van der Waals surface area contributed by atoms with E-state index in [2.05, 4.69) is 25.2 Å². The molecule has 0 bridgehead atoms. The summed E-state index contributed by atoms with van der Waals surface area (Å²) in [6, 6.07) is 7.99. The van der Waals surface area contributed by atoms with E-state index in [4.69, 9.17) is 10.00 Å². The van der Waals surface area contributed by atoms with E-state index in [1.54, 1.807) is 13.2 Å². The van der Waals surface area contributed by atoms with E-state index >= 15 is 0 Å². The van der Waals surface area contributed by atoms with Crippen LogP contribution in [-0.4, -0.2) is 13.2 Å². The average molecular weight is 204 g/mol. The Morgan fingerprint density at radius 1 is 1.47 bits per heavy atom. The van der Waals surface area contributed by atoms with Crippen molar-refractivity contribution in [2.75, 3.05) is 7.11 Å². The number of hydrogen-bond acceptors (Lipinski definition) is 3. The lowest BCUT2D eigenvalue weighted by Crippen LogP contribution is -2.22. The fraction of sp³-hybridized carbons (Fsp3) is 0.417. The topological polar surface area (TPSA) is 45.0 Å². The molecule has 3 nitrogen and oxygen atoms in total. The minimum Gasteiger partial charge on any atom is -0.496 e. The predicted octanol–water partition coefficient (Wildman–Crippen LogP) is 2.06. The number of methoxy groups -OCH3 is 1. The molecule has 0 aliphatic heterocycles. The number of nitriles is 1. The number of benzene rings is 1. The molecule has 0 saturated carbocycles. The van der Waals surface area contributed by atoms with E-state index < -0.39 is 0 Å². The summed E-state index contributed by atoms with van der Waals surface area (Å²) in [5.41, 5.74) is 1.68. The first-order valence-corrected chi connectivity index (χ1v) is 4.97. The van der Waals surface area contributed by atoms with Crippen molar-refractivity contribution in [3.8, 4) is 11.8 Å². The molecule has 15 heavy (non-hydrogen) atoms. The fourth-order valence-corrected chi connectivity index (χ4v) is 1.30. The van der Waals surface area contributed by atoms with E-state index in [0.717, 1.165) is 17.9 Å². The first kappa shape index (κ1) is 11.5. The molecule has 0 spiro atoms. The number of ether oxygens (including phenoxy) is 1. The lowest BCUT2D eigenvalue weighted by molar-refractivity contribution is 0.406. The first-order valence-electron chi connectivity index (χ1n) is 4.97. The summed E-state index contributed by atoms with van der Waals surface area (Å²) in [4.78, 5) is 0. The summed E-state index contributed by atoms with van der Waals surface area (Å²) in [5.74, 6) is 0.821. The highest BCUT2D eigenvalue weighted by atomic mass is 16.5. The van der Waals surface area contributed by atoms with Crippen LogP contribution in [0.1, 0.15) is 25.0 Å². The van der Waals surface area contributed by atoms with Crippen LogP contribution in [0.2, 0.25) is 0 Å². The molecule has 0 fully saturated rings. The number of hydrogen-bond donors (Lipinski definition) is 1. The van der Waals surface area contributed by atoms with E-state index in [9.17, 15) is 0 Å². The molecular weight excluding hydrogens is 188 g/mol. The zero-order chi connectivity index (χ0) is 11.3. The smallest absolute Gasteiger partial charge is 0.123 e. The molecule has 0 aliphatic carbocycles. The summed E-state index contributed by atoms with van der Waals surface area (Å²) in [6.45, 7) is 4.89. The monoisotopic (exact) mass is 204 g/mol. The molecule has 1 rings (SSSR count). The van der Waals surface area contributed by atoms with Gasteiger partial charge in [0.15, 0.2) is 0 Å². The van der Waals surface area contributed by atoms with Crippen LogP contribution in [0.5, 0.6) is 5.75 Å². The van der Waals surface area contributed by atoms with Gasteiger partial charge in [0.25, 0.3) is 0 Å². The largest absolute Gasteiger partial charge is 0.496 e. The molecule has 0 heterocycles. The SMILES string of the molecule is COc1ccc(C#N)cc1CNC(C)C. The van der Waals surface area contributed by atoms with Crippen LogP contribution in [0.4, 0.5) is 0 Å². The van der Waals surface area contributed by atoms with Gasteiger partial charge in [-0.25, -0.2) is 0 Å². The number of nitrogens with one attached hydrogen (secondary N) is 1. The van der Waals surface area contributed by atoms with E-state index in [1.165, 1.54) is 0 Å². The Bertz CT molecular complexity index is 366. The van der Waals surface area contributed by atoms with E-state index in [-0.39, 0.29) is 0 Å². The molecule has 0 atom stereocenters. The van der Waals surface area contributed by atoms with Crippen molar-refractivity contribution in [2.45, 2.75) is 26.4 Å². The maximum absolute atomic E-state index is 8.79. The van der Waals surface area contributed by atoms with Crippen LogP contribution in [-0.2, 0) is 6.54 Å². The Hall–Kier alpha value is -1.53. The molecule has 0 amide bonds. The van der Waals surface area contributed by atoms with E-state index in [0.29, 0.717) is 11.6 Å². The van der Waals surface area contributed by atoms with Crippen LogP contribution in [0.3, 0.4) is 0 Å². The van der Waals surface area contributed by atoms with Gasteiger partial charge in [-0.1, -0.05) is 13.8 Å². The van der Waals surface area contributed by atoms with Crippen molar-refractivity contribution < 1.29 is 4.74 Å². The third kappa shape index (κ3) is 3.26. The van der Waals surface area contributed by atoms with Crippen LogP contribution in [0.15, 0.2) is 18.2 Å². The Morgan fingerprint density at radius 3 is 2.73 bits per heavy atom. The molecule has 1 aromatic carbocycles. The van der Waals surface area contributed by atoms with Crippen molar-refractivity contribution in [3.05, 3.63) is 29.3 Å². The lowest BCUT2D eigenvalue weighted by atomic mass is 10.1.